The Kier molecular flexibility index (Phi) is 28.9. The number of anilines is 3. The standard InChI is InChI=1S/2C35H35F6N3O5.C28H24ClF6N3O3/c2*1-19-32(23-14-24(34(36,37)38)17-25(15-23)35(39,40)41)49-33(46)44(19)18-28-26(6-8-30(42-28)43-9-4-10-43)27-16-21(5-7-29(27)47-2)22-11-20(12-22)13-31(45)48-3;1-15-25(16-10-17(27(30,31)32)12-18(11-16)28(33,34)35)41-26(39)38(15)14-22-20(5-7-24(36-22)37-8-3-9-37)21-13-19(29)4-6-23(21)40-2/h2*5-8,14-17,19-20,22,32H,4,9-13,18H2,1-3H3;4-7,10-13,15,25H,3,8-9,14H2,1-2H3/t2*19-,20?,22?,32-;15-,25-/m000/s1. The zero-order valence-electron chi connectivity index (χ0n) is 75.9. The Balaban J connectivity index is 0.000000159. The van der Waals surface area contributed by atoms with E-state index in [4.69, 9.17) is 64.4 Å². The molecule has 41 heteroatoms. The van der Waals surface area contributed by atoms with Gasteiger partial charge < -0.3 is 52.6 Å². The smallest absolute Gasteiger partial charge is 0.416 e. The summed E-state index contributed by atoms with van der Waals surface area (Å²) in [4.78, 5) is 87.6. The van der Waals surface area contributed by atoms with Gasteiger partial charge >= 0.3 is 67.3 Å². The van der Waals surface area contributed by atoms with Crippen molar-refractivity contribution in [3.8, 4) is 50.6 Å². The van der Waals surface area contributed by atoms with Crippen LogP contribution in [0.5, 0.6) is 17.2 Å². The summed E-state index contributed by atoms with van der Waals surface area (Å²) >= 11 is 6.25. The number of halogens is 19. The summed E-state index contributed by atoms with van der Waals surface area (Å²) in [5, 5.41) is 0.428. The van der Waals surface area contributed by atoms with Gasteiger partial charge in [0.05, 0.1) is 124 Å². The maximum atomic E-state index is 13.6. The van der Waals surface area contributed by atoms with Crippen LogP contribution in [0.4, 0.5) is 111 Å². The predicted molar refractivity (Wildman–Crippen MR) is 470 cm³/mol. The average molecular weight is 1980 g/mol. The molecule has 139 heavy (non-hydrogen) atoms. The van der Waals surface area contributed by atoms with Crippen LogP contribution in [0.1, 0.15) is 187 Å². The molecule has 0 spiro atoms. The van der Waals surface area contributed by atoms with Crippen molar-refractivity contribution < 1.29 is 141 Å². The van der Waals surface area contributed by atoms with Gasteiger partial charge in [0.25, 0.3) is 0 Å². The molecule has 0 unspecified atom stereocenters. The lowest BCUT2D eigenvalue weighted by Gasteiger charge is -2.35. The summed E-state index contributed by atoms with van der Waals surface area (Å²) in [5.41, 5.74) is -2.81. The quantitative estimate of drug-likeness (QED) is 0.0312. The van der Waals surface area contributed by atoms with Gasteiger partial charge in [-0.3, -0.25) is 24.3 Å². The minimum atomic E-state index is -5.05. The number of aromatic nitrogens is 3. The maximum Gasteiger partial charge on any atom is 0.416 e. The van der Waals surface area contributed by atoms with Crippen LogP contribution in [-0.2, 0) is 90.0 Å². The van der Waals surface area contributed by atoms with E-state index in [9.17, 15) is 103 Å². The lowest BCUT2D eigenvalue weighted by molar-refractivity contribution is -0.144. The molecule has 6 aromatic carbocycles. The molecule has 0 N–H and O–H groups in total. The van der Waals surface area contributed by atoms with Gasteiger partial charge in [0.1, 0.15) is 53.0 Å². The van der Waals surface area contributed by atoms with Gasteiger partial charge in [0.2, 0.25) is 0 Å². The zero-order chi connectivity index (χ0) is 100. The number of carbonyl (C=O) groups excluding carboxylic acids is 5. The van der Waals surface area contributed by atoms with Crippen LogP contribution in [0.3, 0.4) is 0 Å². The Morgan fingerprint density at radius 2 is 0.604 bits per heavy atom. The molecule has 6 atom stereocenters. The van der Waals surface area contributed by atoms with Gasteiger partial charge in [-0.2, -0.15) is 79.0 Å². The molecule has 9 aromatic rings. The first-order chi connectivity index (χ1) is 65.6. The minimum absolute atomic E-state index is 0.0402. The van der Waals surface area contributed by atoms with E-state index in [0.717, 1.165) is 95.3 Å². The normalized spacial score (nSPS) is 21.4. The van der Waals surface area contributed by atoms with E-state index in [1.165, 1.54) is 71.0 Å². The zero-order valence-corrected chi connectivity index (χ0v) is 76.6. The molecular weight excluding hydrogens is 1890 g/mol. The second-order valence-electron chi connectivity index (χ2n) is 35.4. The van der Waals surface area contributed by atoms with Crippen molar-refractivity contribution in [2.75, 3.05) is 89.5 Å². The molecule has 3 aromatic heterocycles. The van der Waals surface area contributed by atoms with E-state index in [-0.39, 0.29) is 73.4 Å². The van der Waals surface area contributed by atoms with Crippen LogP contribution < -0.4 is 28.9 Å². The number of pyridine rings is 3. The first-order valence-corrected chi connectivity index (χ1v) is 44.8. The number of rotatable bonds is 24. The summed E-state index contributed by atoms with van der Waals surface area (Å²) < 4.78 is 287. The van der Waals surface area contributed by atoms with Crippen molar-refractivity contribution in [2.24, 2.45) is 11.8 Å². The number of cyclic esters (lactones) is 3. The van der Waals surface area contributed by atoms with Gasteiger partial charge in [-0.25, -0.2) is 29.3 Å². The number of ether oxygens (including phenoxy) is 8. The highest BCUT2D eigenvalue weighted by Crippen LogP contribution is 2.52. The molecule has 17 rings (SSSR count). The Morgan fingerprint density at radius 1 is 0.345 bits per heavy atom. The van der Waals surface area contributed by atoms with E-state index in [0.29, 0.717) is 139 Å². The Morgan fingerprint density at radius 3 is 0.842 bits per heavy atom. The highest BCUT2D eigenvalue weighted by atomic mass is 35.5. The van der Waals surface area contributed by atoms with Crippen LogP contribution in [0, 0.1) is 11.8 Å². The SMILES string of the molecule is COC(=O)CC1CC(c2ccc(OC)c(-c3ccc(N4CCC4)nc3CN3C(=O)O[C@H](c4cc(C(F)(F)F)cc(C(F)(F)F)c4)[C@@H]3C)c2)C1.COC(=O)CC1CC(c2ccc(OC)c(-c3ccc(N4CCC4)nc3CN3C(=O)O[C@H](c4cc(C(F)(F)F)cc(C(F)(F)F)c4)[C@@H]3C)c2)C1.COc1ccc(Cl)cc1-c1ccc(N2CCC2)nc1CN1C(=O)O[C@H](c2cc(C(F)(F)F)cc(C(F)(F)F)c2)[C@@H]1C. The lowest BCUT2D eigenvalue weighted by atomic mass is 9.70. The number of carbonyl (C=O) groups is 5. The van der Waals surface area contributed by atoms with Crippen molar-refractivity contribution in [1.29, 1.82) is 0 Å². The fourth-order valence-electron chi connectivity index (χ4n) is 18.4. The second kappa shape index (κ2) is 39.9. The molecule has 8 fully saturated rings. The number of esters is 2. The molecule has 3 amide bonds. The van der Waals surface area contributed by atoms with Gasteiger partial charge in [0.15, 0.2) is 0 Å². The molecule has 2 saturated carbocycles. The van der Waals surface area contributed by atoms with Gasteiger partial charge in [-0.05, 0) is 251 Å². The fraction of sp³-hybridized carbons (Fsp3) is 0.429. The fourth-order valence-corrected chi connectivity index (χ4v) is 18.6. The first kappa shape index (κ1) is 101. The van der Waals surface area contributed by atoms with Crippen molar-refractivity contribution in [3.63, 3.8) is 0 Å². The second-order valence-corrected chi connectivity index (χ2v) is 35.9. The maximum absolute atomic E-state index is 13.6. The highest BCUT2D eigenvalue weighted by molar-refractivity contribution is 6.31. The Hall–Kier alpha value is -12.7. The van der Waals surface area contributed by atoms with E-state index in [1.54, 1.807) is 18.2 Å². The van der Waals surface area contributed by atoms with Crippen molar-refractivity contribution >= 4 is 59.3 Å². The number of benzene rings is 6. The average Bonchev–Trinajstić information content (AvgIpc) is 1.75. The third kappa shape index (κ3) is 22.2. The molecule has 742 valence electrons. The summed E-state index contributed by atoms with van der Waals surface area (Å²) in [7, 11) is 7.29. The van der Waals surface area contributed by atoms with Crippen molar-refractivity contribution in [2.45, 2.75) is 184 Å². The topological polar surface area (TPSA) is 217 Å². The van der Waals surface area contributed by atoms with Crippen LogP contribution in [0.25, 0.3) is 33.4 Å². The molecular formula is C98H94ClF18N9O13. The van der Waals surface area contributed by atoms with E-state index < -0.39 is 142 Å². The molecule has 0 radical (unpaired) electrons. The molecule has 2 aliphatic carbocycles. The van der Waals surface area contributed by atoms with E-state index >= 15 is 0 Å². The molecule has 9 heterocycles. The van der Waals surface area contributed by atoms with E-state index in [2.05, 4.69) is 9.80 Å². The van der Waals surface area contributed by atoms with Crippen LogP contribution >= 0.6 is 11.6 Å². The molecule has 6 saturated heterocycles. The van der Waals surface area contributed by atoms with Crippen molar-refractivity contribution in [1.82, 2.24) is 29.7 Å². The third-order valence-corrected chi connectivity index (χ3v) is 26.9. The van der Waals surface area contributed by atoms with Gasteiger partial charge in [-0.15, -0.1) is 0 Å². The van der Waals surface area contributed by atoms with Crippen LogP contribution in [-0.4, -0.2) is 153 Å². The first-order valence-electron chi connectivity index (χ1n) is 44.5. The summed E-state index contributed by atoms with van der Waals surface area (Å²) in [6, 6.07) is 28.7. The number of hydrogen-bond donors (Lipinski definition) is 0. The number of nitrogens with zero attached hydrogens (tertiary/aromatic N) is 9. The molecule has 22 nitrogen and oxygen atoms in total. The number of methoxy groups -OCH3 is 5. The van der Waals surface area contributed by atoms with Crippen molar-refractivity contribution in [3.05, 3.63) is 229 Å². The number of amides is 3. The summed E-state index contributed by atoms with van der Waals surface area (Å²) in [6.07, 6.45) is -30.2. The lowest BCUT2D eigenvalue weighted by Crippen LogP contribution is -2.38. The monoisotopic (exact) mass is 1980 g/mol. The third-order valence-electron chi connectivity index (χ3n) is 26.6. The van der Waals surface area contributed by atoms with E-state index in [1.807, 2.05) is 77.7 Å². The molecule has 8 aliphatic rings. The van der Waals surface area contributed by atoms with Gasteiger partial charge in [-0.1, -0.05) is 23.7 Å². The predicted octanol–water partition coefficient (Wildman–Crippen LogP) is 24.0. The molecule has 0 bridgehead atoms. The highest BCUT2D eigenvalue weighted by Gasteiger charge is 2.50. The summed E-state index contributed by atoms with van der Waals surface area (Å²) in [6.45, 7) is 8.92. The largest absolute Gasteiger partial charge is 0.496 e. The molecule has 6 aliphatic heterocycles. The number of hydrogen-bond acceptors (Lipinski definition) is 19. The van der Waals surface area contributed by atoms with Crippen LogP contribution in [0.2, 0.25) is 5.02 Å². The number of alkyl halides is 18. The Bertz CT molecular complexity index is 5750. The van der Waals surface area contributed by atoms with Crippen LogP contribution in [0.15, 0.2) is 146 Å². The van der Waals surface area contributed by atoms with Gasteiger partial charge in [0, 0.05) is 90.5 Å². The minimum Gasteiger partial charge on any atom is -0.496 e. The summed E-state index contributed by atoms with van der Waals surface area (Å²) in [5.74, 6) is 3.97. The Labute approximate surface area is 790 Å².